The zero-order valence-corrected chi connectivity index (χ0v) is 23.2. The van der Waals surface area contributed by atoms with Crippen molar-refractivity contribution in [2.75, 3.05) is 24.9 Å². The van der Waals surface area contributed by atoms with E-state index in [1.807, 2.05) is 0 Å². The van der Waals surface area contributed by atoms with Gasteiger partial charge in [-0.1, -0.05) is 36.2 Å². The number of amides is 2. The first kappa shape index (κ1) is 29.8. The molecule has 0 saturated carbocycles. The fourth-order valence-electron chi connectivity index (χ4n) is 3.46. The van der Waals surface area contributed by atoms with Gasteiger partial charge in [0.25, 0.3) is 0 Å². The molecule has 36 heavy (non-hydrogen) atoms. The Morgan fingerprint density at radius 3 is 2.14 bits per heavy atom. The third-order valence-corrected chi connectivity index (χ3v) is 7.85. The van der Waals surface area contributed by atoms with Crippen molar-refractivity contribution >= 4 is 50.9 Å². The van der Waals surface area contributed by atoms with Gasteiger partial charge in [-0.15, -0.1) is 0 Å². The lowest BCUT2D eigenvalue weighted by molar-refractivity contribution is -0.140. The average molecular weight is 562 g/mol. The summed E-state index contributed by atoms with van der Waals surface area (Å²) in [4.78, 5) is 28.0. The van der Waals surface area contributed by atoms with Crippen LogP contribution in [-0.4, -0.2) is 62.2 Å². The first-order valence-corrected chi connectivity index (χ1v) is 13.4. The highest BCUT2D eigenvalue weighted by Crippen LogP contribution is 2.25. The number of carbonyl (C=O) groups is 2. The first-order chi connectivity index (χ1) is 16.8. The van der Waals surface area contributed by atoms with E-state index in [0.29, 0.717) is 10.6 Å². The molecule has 0 unspecified atom stereocenters. The second kappa shape index (κ2) is 12.7. The van der Waals surface area contributed by atoms with Crippen LogP contribution in [0.15, 0.2) is 42.5 Å². The van der Waals surface area contributed by atoms with Crippen molar-refractivity contribution < 1.29 is 22.4 Å². The standard InChI is InChI=1S/C24H31Cl2FN4O4S/c1-6-22(24(33)28-16(2)3)30(14-17-7-12-20(25)21(26)13-17)23(32)15-31(36(34,35)29(4)5)19-10-8-18(27)9-11-19/h7-13,16,22H,6,14-15H2,1-5H3,(H,28,33)/t22-/m1/s1. The molecule has 2 aromatic rings. The molecule has 0 aliphatic carbocycles. The monoisotopic (exact) mass is 560 g/mol. The molecule has 2 rings (SSSR count). The Morgan fingerprint density at radius 1 is 1.03 bits per heavy atom. The number of hydrogen-bond acceptors (Lipinski definition) is 4. The molecule has 8 nitrogen and oxygen atoms in total. The summed E-state index contributed by atoms with van der Waals surface area (Å²) in [6.45, 7) is 4.73. The predicted molar refractivity (Wildman–Crippen MR) is 141 cm³/mol. The molecule has 1 N–H and O–H groups in total. The van der Waals surface area contributed by atoms with Crippen molar-refractivity contribution in [3.8, 4) is 0 Å². The third kappa shape index (κ3) is 7.55. The minimum atomic E-state index is -4.13. The molecule has 0 bridgehead atoms. The molecule has 0 aliphatic rings. The number of benzene rings is 2. The lowest BCUT2D eigenvalue weighted by Crippen LogP contribution is -2.54. The van der Waals surface area contributed by atoms with Crippen LogP contribution in [0.1, 0.15) is 32.8 Å². The average Bonchev–Trinajstić information content (AvgIpc) is 2.79. The maximum Gasteiger partial charge on any atom is 0.304 e. The zero-order chi connectivity index (χ0) is 27.2. The Bertz CT molecular complexity index is 1180. The van der Waals surface area contributed by atoms with Gasteiger partial charge >= 0.3 is 10.2 Å². The van der Waals surface area contributed by atoms with E-state index < -0.39 is 34.5 Å². The van der Waals surface area contributed by atoms with Gasteiger partial charge in [-0.3, -0.25) is 9.59 Å². The molecule has 0 heterocycles. The summed E-state index contributed by atoms with van der Waals surface area (Å²) in [5, 5.41) is 3.43. The van der Waals surface area contributed by atoms with Gasteiger partial charge in [-0.2, -0.15) is 12.7 Å². The fraction of sp³-hybridized carbons (Fsp3) is 0.417. The normalized spacial score (nSPS) is 12.5. The Balaban J connectivity index is 2.52. The molecule has 0 saturated heterocycles. The molecular formula is C24H31Cl2FN4O4S. The molecule has 198 valence electrons. The number of anilines is 1. The Kier molecular flexibility index (Phi) is 10.5. The minimum Gasteiger partial charge on any atom is -0.352 e. The number of nitrogens with zero attached hydrogens (tertiary/aromatic N) is 3. The van der Waals surface area contributed by atoms with Crippen LogP contribution in [0.5, 0.6) is 0 Å². The summed E-state index contributed by atoms with van der Waals surface area (Å²) in [5.74, 6) is -1.55. The number of rotatable bonds is 11. The number of halogens is 3. The van der Waals surface area contributed by atoms with Gasteiger partial charge in [-0.25, -0.2) is 8.70 Å². The maximum absolute atomic E-state index is 13.7. The minimum absolute atomic E-state index is 0.0149. The Hall–Kier alpha value is -2.40. The molecule has 0 fully saturated rings. The third-order valence-electron chi connectivity index (χ3n) is 5.29. The zero-order valence-electron chi connectivity index (χ0n) is 20.8. The van der Waals surface area contributed by atoms with Crippen LogP contribution in [0, 0.1) is 5.82 Å². The molecule has 0 radical (unpaired) electrons. The highest BCUT2D eigenvalue weighted by atomic mass is 35.5. The highest BCUT2D eigenvalue weighted by Gasteiger charge is 2.34. The first-order valence-electron chi connectivity index (χ1n) is 11.3. The Morgan fingerprint density at radius 2 is 1.64 bits per heavy atom. The molecule has 0 spiro atoms. The summed E-state index contributed by atoms with van der Waals surface area (Å²) in [7, 11) is -1.48. The Labute approximate surface area is 222 Å². The number of hydrogen-bond donors (Lipinski definition) is 1. The van der Waals surface area contributed by atoms with Gasteiger partial charge in [0.05, 0.1) is 15.7 Å². The van der Waals surface area contributed by atoms with Crippen molar-refractivity contribution in [2.24, 2.45) is 0 Å². The largest absolute Gasteiger partial charge is 0.352 e. The maximum atomic E-state index is 13.7. The molecular weight excluding hydrogens is 530 g/mol. The van der Waals surface area contributed by atoms with Crippen LogP contribution in [0.25, 0.3) is 0 Å². The molecule has 2 amide bonds. The smallest absolute Gasteiger partial charge is 0.304 e. The lowest BCUT2D eigenvalue weighted by atomic mass is 10.1. The highest BCUT2D eigenvalue weighted by molar-refractivity contribution is 7.90. The van der Waals surface area contributed by atoms with Crippen LogP contribution in [0.4, 0.5) is 10.1 Å². The second-order valence-electron chi connectivity index (χ2n) is 8.63. The van der Waals surface area contributed by atoms with E-state index in [1.165, 1.54) is 31.1 Å². The molecule has 12 heteroatoms. The van der Waals surface area contributed by atoms with Gasteiger partial charge in [0.2, 0.25) is 11.8 Å². The topological polar surface area (TPSA) is 90.0 Å². The van der Waals surface area contributed by atoms with E-state index in [-0.39, 0.29) is 35.6 Å². The summed E-state index contributed by atoms with van der Waals surface area (Å²) in [5.41, 5.74) is 0.713. The molecule has 2 aromatic carbocycles. The van der Waals surface area contributed by atoms with Crippen molar-refractivity contribution in [3.63, 3.8) is 0 Å². The SMILES string of the molecule is CC[C@H](C(=O)NC(C)C)N(Cc1ccc(Cl)c(Cl)c1)C(=O)CN(c1ccc(F)cc1)S(=O)(=O)N(C)C. The van der Waals surface area contributed by atoms with Crippen molar-refractivity contribution in [3.05, 3.63) is 63.9 Å². The van der Waals surface area contributed by atoms with Gasteiger partial charge < -0.3 is 10.2 Å². The van der Waals surface area contributed by atoms with E-state index in [2.05, 4.69) is 5.32 Å². The van der Waals surface area contributed by atoms with E-state index in [4.69, 9.17) is 23.2 Å². The number of carbonyl (C=O) groups excluding carboxylic acids is 2. The van der Waals surface area contributed by atoms with Crippen LogP contribution in [0.2, 0.25) is 10.0 Å². The van der Waals surface area contributed by atoms with Crippen molar-refractivity contribution in [1.29, 1.82) is 0 Å². The second-order valence-corrected chi connectivity index (χ2v) is 11.5. The van der Waals surface area contributed by atoms with Crippen molar-refractivity contribution in [2.45, 2.75) is 45.8 Å². The summed E-state index contributed by atoms with van der Waals surface area (Å²) < 4.78 is 41.6. The lowest BCUT2D eigenvalue weighted by Gasteiger charge is -2.34. The molecule has 1 atom stereocenters. The summed E-state index contributed by atoms with van der Waals surface area (Å²) in [6, 6.07) is 8.56. The van der Waals surface area contributed by atoms with Gasteiger partial charge in [0.15, 0.2) is 0 Å². The van der Waals surface area contributed by atoms with Crippen LogP contribution in [-0.2, 0) is 26.3 Å². The molecule has 0 aromatic heterocycles. The number of nitrogens with one attached hydrogen (secondary N) is 1. The van der Waals surface area contributed by atoms with E-state index in [9.17, 15) is 22.4 Å². The quantitative estimate of drug-likeness (QED) is 0.448. The van der Waals surface area contributed by atoms with Crippen molar-refractivity contribution in [1.82, 2.24) is 14.5 Å². The van der Waals surface area contributed by atoms with Crippen LogP contribution in [0.3, 0.4) is 0 Å². The van der Waals surface area contributed by atoms with Crippen LogP contribution < -0.4 is 9.62 Å². The van der Waals surface area contributed by atoms with E-state index in [0.717, 1.165) is 20.7 Å². The van der Waals surface area contributed by atoms with Gasteiger partial charge in [0, 0.05) is 26.7 Å². The van der Waals surface area contributed by atoms with E-state index in [1.54, 1.807) is 39.0 Å². The molecule has 0 aliphatic heterocycles. The van der Waals surface area contributed by atoms with Crippen LogP contribution >= 0.6 is 23.2 Å². The summed E-state index contributed by atoms with van der Waals surface area (Å²) >= 11 is 12.2. The van der Waals surface area contributed by atoms with E-state index >= 15 is 0 Å². The summed E-state index contributed by atoms with van der Waals surface area (Å²) in [6.07, 6.45) is 0.280. The van der Waals surface area contributed by atoms with Gasteiger partial charge in [-0.05, 0) is 62.2 Å². The fourth-order valence-corrected chi connectivity index (χ4v) is 4.84. The van der Waals surface area contributed by atoms with Gasteiger partial charge in [0.1, 0.15) is 18.4 Å². The predicted octanol–water partition coefficient (Wildman–Crippen LogP) is 4.08.